The zero-order valence-electron chi connectivity index (χ0n) is 37.3. The molecule has 12 aromatic rings. The second kappa shape index (κ2) is 18.0. The minimum atomic E-state index is 1.07. The molecule has 1 aromatic heterocycles. The van der Waals surface area contributed by atoms with Gasteiger partial charge in [-0.3, -0.25) is 0 Å². The third kappa shape index (κ3) is 7.87. The molecule has 0 saturated carbocycles. The summed E-state index contributed by atoms with van der Waals surface area (Å²) in [5.41, 5.74) is 19.9. The second-order valence-electron chi connectivity index (χ2n) is 17.2. The smallest absolute Gasteiger partial charge is 0.0540 e. The second-order valence-corrected chi connectivity index (χ2v) is 18.3. The fourth-order valence-corrected chi connectivity index (χ4v) is 10.9. The summed E-state index contributed by atoms with van der Waals surface area (Å²) in [7, 11) is 0. The quantitative estimate of drug-likeness (QED) is 0.132. The number of hydrogen-bond donors (Lipinski definition) is 0. The predicted molar refractivity (Wildman–Crippen MR) is 292 cm³/mol. The summed E-state index contributed by atoms with van der Waals surface area (Å²) in [6, 6.07) is 99.4. The molecule has 0 radical (unpaired) electrons. The molecule has 0 aliphatic heterocycles. The highest BCUT2D eigenvalue weighted by Crippen LogP contribution is 2.46. The van der Waals surface area contributed by atoms with Crippen LogP contribution in [0.25, 0.3) is 98.1 Å². The molecule has 2 heteroatoms. The van der Waals surface area contributed by atoms with Crippen LogP contribution in [0.2, 0.25) is 0 Å². The number of fused-ring (bicyclic) bond motifs is 3. The van der Waals surface area contributed by atoms with E-state index in [0.717, 1.165) is 28.2 Å². The number of hydrogen-bond acceptors (Lipinski definition) is 2. The molecule has 0 amide bonds. The van der Waals surface area contributed by atoms with Gasteiger partial charge in [-0.1, -0.05) is 206 Å². The highest BCUT2D eigenvalue weighted by Gasteiger charge is 2.21. The first-order valence-corrected chi connectivity index (χ1v) is 24.0. The van der Waals surface area contributed by atoms with Crippen molar-refractivity contribution in [3.8, 4) is 77.9 Å². The third-order valence-electron chi connectivity index (χ3n) is 13.1. The summed E-state index contributed by atoms with van der Waals surface area (Å²) in [4.78, 5) is 2.42. The summed E-state index contributed by atoms with van der Waals surface area (Å²) >= 11 is 1.86. The summed E-state index contributed by atoms with van der Waals surface area (Å²) in [5, 5.41) is 2.62. The van der Waals surface area contributed by atoms with E-state index in [-0.39, 0.29) is 0 Å². The Balaban J connectivity index is 0.994. The van der Waals surface area contributed by atoms with E-state index < -0.39 is 0 Å². The molecule has 0 N–H and O–H groups in total. The van der Waals surface area contributed by atoms with Gasteiger partial charge in [0.05, 0.1) is 5.69 Å². The average molecular weight is 884 g/mol. The van der Waals surface area contributed by atoms with Crippen molar-refractivity contribution in [1.82, 2.24) is 0 Å². The first-order valence-electron chi connectivity index (χ1n) is 23.2. The largest absolute Gasteiger partial charge is 0.310 e. The van der Waals surface area contributed by atoms with Gasteiger partial charge in [-0.25, -0.2) is 0 Å². The van der Waals surface area contributed by atoms with Crippen molar-refractivity contribution in [2.45, 2.75) is 0 Å². The monoisotopic (exact) mass is 883 g/mol. The van der Waals surface area contributed by atoms with Crippen LogP contribution in [0, 0.1) is 0 Å². The van der Waals surface area contributed by atoms with Gasteiger partial charge in [-0.2, -0.15) is 0 Å². The van der Waals surface area contributed by atoms with Gasteiger partial charge in [0.1, 0.15) is 0 Å². The topological polar surface area (TPSA) is 3.24 Å². The first-order chi connectivity index (χ1) is 33.7. The van der Waals surface area contributed by atoms with Crippen LogP contribution in [0.1, 0.15) is 0 Å². The number of rotatable bonds is 10. The van der Waals surface area contributed by atoms with Gasteiger partial charge < -0.3 is 4.90 Å². The Morgan fingerprint density at radius 1 is 0.221 bits per heavy atom. The number of para-hydroxylation sites is 1. The van der Waals surface area contributed by atoms with Gasteiger partial charge in [-0.05, 0) is 139 Å². The fourth-order valence-electron chi connectivity index (χ4n) is 9.76. The average Bonchev–Trinajstić information content (AvgIpc) is 3.80. The Kier molecular flexibility index (Phi) is 10.8. The van der Waals surface area contributed by atoms with E-state index in [1.54, 1.807) is 0 Å². The number of nitrogens with zero attached hydrogens (tertiary/aromatic N) is 1. The Morgan fingerprint density at radius 3 is 1.18 bits per heavy atom. The van der Waals surface area contributed by atoms with Crippen molar-refractivity contribution in [3.63, 3.8) is 0 Å². The standard InChI is InChI=1S/C66H45NS/c1-4-18-46(19-5-1)52-42-53(47-20-6-2-7-21-47)44-54(43-52)49-34-39-56(40-35-49)67(55-37-32-48(33-38-55)51-36-41-66-63(45-51)62-29-15-17-31-65(62)68-66)64-30-16-14-28-61(64)60-27-13-12-26-59(60)58-25-11-10-24-57(58)50-22-8-3-9-23-50/h1-45H. The number of thiophene rings is 1. The number of benzene rings is 11. The normalized spacial score (nSPS) is 11.2. The van der Waals surface area contributed by atoms with Crippen molar-refractivity contribution in [2.75, 3.05) is 4.90 Å². The summed E-state index contributed by atoms with van der Waals surface area (Å²) in [6.45, 7) is 0. The van der Waals surface area contributed by atoms with Crippen LogP contribution in [0.3, 0.4) is 0 Å². The van der Waals surface area contributed by atoms with Crippen LogP contribution >= 0.6 is 11.3 Å². The molecule has 1 nitrogen and oxygen atoms in total. The molecule has 1 heterocycles. The Hall–Kier alpha value is -8.56. The van der Waals surface area contributed by atoms with Gasteiger partial charge >= 0.3 is 0 Å². The lowest BCUT2D eigenvalue weighted by atomic mass is 9.88. The molecule has 0 atom stereocenters. The van der Waals surface area contributed by atoms with E-state index in [9.17, 15) is 0 Å². The van der Waals surface area contributed by atoms with Gasteiger partial charge in [-0.15, -0.1) is 11.3 Å². The van der Waals surface area contributed by atoms with E-state index in [0.29, 0.717) is 0 Å². The van der Waals surface area contributed by atoms with Crippen molar-refractivity contribution in [3.05, 3.63) is 273 Å². The van der Waals surface area contributed by atoms with Gasteiger partial charge in [0.2, 0.25) is 0 Å². The summed E-state index contributed by atoms with van der Waals surface area (Å²) in [5.74, 6) is 0. The first kappa shape index (κ1) is 40.9. The van der Waals surface area contributed by atoms with E-state index >= 15 is 0 Å². The molecule has 0 fully saturated rings. The van der Waals surface area contributed by atoms with Gasteiger partial charge in [0, 0.05) is 37.1 Å². The molecule has 320 valence electrons. The van der Waals surface area contributed by atoms with Crippen LogP contribution < -0.4 is 4.90 Å². The lowest BCUT2D eigenvalue weighted by molar-refractivity contribution is 1.28. The van der Waals surface area contributed by atoms with E-state index in [1.165, 1.54) is 86.9 Å². The van der Waals surface area contributed by atoms with Crippen molar-refractivity contribution >= 4 is 48.6 Å². The van der Waals surface area contributed by atoms with E-state index in [4.69, 9.17) is 0 Å². The zero-order valence-corrected chi connectivity index (χ0v) is 38.2. The molecule has 0 bridgehead atoms. The minimum absolute atomic E-state index is 1.07. The summed E-state index contributed by atoms with van der Waals surface area (Å²) < 4.78 is 2.63. The highest BCUT2D eigenvalue weighted by molar-refractivity contribution is 7.25. The van der Waals surface area contributed by atoms with E-state index in [2.05, 4.69) is 278 Å². The molecule has 0 unspecified atom stereocenters. The molecular weight excluding hydrogens is 839 g/mol. The van der Waals surface area contributed by atoms with Crippen molar-refractivity contribution in [1.29, 1.82) is 0 Å². The molecule has 68 heavy (non-hydrogen) atoms. The predicted octanol–water partition coefficient (Wildman–Crippen LogP) is 19.2. The molecule has 0 aliphatic rings. The Labute approximate surface area is 402 Å². The lowest BCUT2D eigenvalue weighted by Gasteiger charge is -2.29. The van der Waals surface area contributed by atoms with Gasteiger partial charge in [0.25, 0.3) is 0 Å². The Bertz CT molecular complexity index is 3650. The molecule has 11 aromatic carbocycles. The maximum absolute atomic E-state index is 2.42. The van der Waals surface area contributed by atoms with Crippen LogP contribution in [-0.4, -0.2) is 0 Å². The molecular formula is C66H45NS. The maximum atomic E-state index is 2.42. The molecule has 0 spiro atoms. The minimum Gasteiger partial charge on any atom is -0.310 e. The van der Waals surface area contributed by atoms with Crippen molar-refractivity contribution in [2.24, 2.45) is 0 Å². The van der Waals surface area contributed by atoms with Crippen LogP contribution in [0.4, 0.5) is 17.1 Å². The summed E-state index contributed by atoms with van der Waals surface area (Å²) in [6.07, 6.45) is 0. The zero-order chi connectivity index (χ0) is 45.2. The third-order valence-corrected chi connectivity index (χ3v) is 14.3. The maximum Gasteiger partial charge on any atom is 0.0540 e. The lowest BCUT2D eigenvalue weighted by Crippen LogP contribution is -2.11. The number of anilines is 3. The SMILES string of the molecule is c1ccc(-c2cc(-c3ccccc3)cc(-c3ccc(N(c4ccc(-c5ccc6sc7ccccc7c6c5)cc4)c4ccccc4-c4ccccc4-c4ccccc4-c4ccccc4)cc3)c2)cc1. The van der Waals surface area contributed by atoms with Crippen LogP contribution in [-0.2, 0) is 0 Å². The highest BCUT2D eigenvalue weighted by atomic mass is 32.1. The van der Waals surface area contributed by atoms with Crippen molar-refractivity contribution < 1.29 is 0 Å². The molecule has 0 saturated heterocycles. The van der Waals surface area contributed by atoms with Gasteiger partial charge in [0.15, 0.2) is 0 Å². The van der Waals surface area contributed by atoms with Crippen LogP contribution in [0.5, 0.6) is 0 Å². The molecule has 0 aliphatic carbocycles. The molecule has 12 rings (SSSR count). The van der Waals surface area contributed by atoms with Crippen LogP contribution in [0.15, 0.2) is 273 Å². The Morgan fingerprint density at radius 2 is 0.603 bits per heavy atom. The van der Waals surface area contributed by atoms with E-state index in [1.807, 2.05) is 11.3 Å². The fraction of sp³-hybridized carbons (Fsp3) is 0.